The molecule has 0 aromatic rings. The Bertz CT molecular complexity index is 205. The zero-order chi connectivity index (χ0) is 12.9. The van der Waals surface area contributed by atoms with Gasteiger partial charge in [-0.25, -0.2) is 0 Å². The second-order valence-electron chi connectivity index (χ2n) is 6.40. The van der Waals surface area contributed by atoms with Crippen LogP contribution in [-0.4, -0.2) is 23.3 Å². The fourth-order valence-electron chi connectivity index (χ4n) is 2.62. The molecule has 0 heterocycles. The molecule has 0 aliphatic heterocycles. The van der Waals surface area contributed by atoms with Crippen molar-refractivity contribution in [1.82, 2.24) is 5.32 Å². The summed E-state index contributed by atoms with van der Waals surface area (Å²) in [7, 11) is 0. The lowest BCUT2D eigenvalue weighted by molar-refractivity contribution is 0.0102. The van der Waals surface area contributed by atoms with Crippen molar-refractivity contribution in [3.8, 4) is 0 Å². The summed E-state index contributed by atoms with van der Waals surface area (Å²) >= 11 is 0. The highest BCUT2D eigenvalue weighted by Crippen LogP contribution is 2.28. The van der Waals surface area contributed by atoms with Gasteiger partial charge in [-0.15, -0.1) is 0 Å². The number of nitrogens with one attached hydrogen (secondary N) is 1. The van der Waals surface area contributed by atoms with Crippen molar-refractivity contribution in [2.45, 2.75) is 77.9 Å². The van der Waals surface area contributed by atoms with Gasteiger partial charge in [-0.2, -0.15) is 0 Å². The summed E-state index contributed by atoms with van der Waals surface area (Å²) in [5.41, 5.74) is -0.569. The van der Waals surface area contributed by atoms with E-state index >= 15 is 0 Å². The third-order valence-corrected chi connectivity index (χ3v) is 4.54. The van der Waals surface area contributed by atoms with Crippen LogP contribution in [0.15, 0.2) is 0 Å². The minimum atomic E-state index is -0.569. The van der Waals surface area contributed by atoms with Crippen LogP contribution in [0.2, 0.25) is 0 Å². The normalized spacial score (nSPS) is 29.3. The largest absolute Gasteiger partial charge is 0.389 e. The van der Waals surface area contributed by atoms with Crippen LogP contribution in [0.3, 0.4) is 0 Å². The zero-order valence-electron chi connectivity index (χ0n) is 12.1. The van der Waals surface area contributed by atoms with E-state index in [9.17, 15) is 5.11 Å². The molecule has 0 aromatic carbocycles. The number of hydrogen-bond acceptors (Lipinski definition) is 2. The van der Waals surface area contributed by atoms with E-state index in [0.717, 1.165) is 12.5 Å². The fourth-order valence-corrected chi connectivity index (χ4v) is 2.62. The first-order valence-corrected chi connectivity index (χ1v) is 7.41. The SMILES string of the molecule is CCCC1CCC(NCC(C)(O)C(C)C)CC1. The summed E-state index contributed by atoms with van der Waals surface area (Å²) in [6, 6.07) is 0.633. The smallest absolute Gasteiger partial charge is 0.0766 e. The van der Waals surface area contributed by atoms with Gasteiger partial charge in [0.25, 0.3) is 0 Å². The molecule has 102 valence electrons. The van der Waals surface area contributed by atoms with Crippen LogP contribution in [0, 0.1) is 11.8 Å². The molecule has 17 heavy (non-hydrogen) atoms. The molecule has 0 amide bonds. The molecule has 1 fully saturated rings. The van der Waals surface area contributed by atoms with Gasteiger partial charge in [0.1, 0.15) is 0 Å². The van der Waals surface area contributed by atoms with Crippen molar-refractivity contribution in [1.29, 1.82) is 0 Å². The Morgan fingerprint density at radius 2 is 1.82 bits per heavy atom. The van der Waals surface area contributed by atoms with Gasteiger partial charge in [-0.1, -0.05) is 33.6 Å². The molecule has 1 unspecified atom stereocenters. The summed E-state index contributed by atoms with van der Waals surface area (Å²) in [5.74, 6) is 1.27. The zero-order valence-corrected chi connectivity index (χ0v) is 12.1. The van der Waals surface area contributed by atoms with Crippen LogP contribution < -0.4 is 5.32 Å². The number of rotatable bonds is 6. The monoisotopic (exact) mass is 241 g/mol. The van der Waals surface area contributed by atoms with Crippen LogP contribution in [0.1, 0.15) is 66.2 Å². The third-order valence-electron chi connectivity index (χ3n) is 4.54. The van der Waals surface area contributed by atoms with Crippen molar-refractivity contribution < 1.29 is 5.11 Å². The highest BCUT2D eigenvalue weighted by atomic mass is 16.3. The lowest BCUT2D eigenvalue weighted by Crippen LogP contribution is -2.46. The molecule has 0 saturated heterocycles. The van der Waals surface area contributed by atoms with Gasteiger partial charge in [0.15, 0.2) is 0 Å². The molecular weight excluding hydrogens is 210 g/mol. The molecule has 1 rings (SSSR count). The van der Waals surface area contributed by atoms with E-state index in [1.54, 1.807) is 0 Å². The van der Waals surface area contributed by atoms with Crippen molar-refractivity contribution >= 4 is 0 Å². The van der Waals surface area contributed by atoms with Crippen LogP contribution >= 0.6 is 0 Å². The van der Waals surface area contributed by atoms with Crippen LogP contribution in [0.4, 0.5) is 0 Å². The average Bonchev–Trinajstić information content (AvgIpc) is 2.28. The lowest BCUT2D eigenvalue weighted by Gasteiger charge is -2.33. The summed E-state index contributed by atoms with van der Waals surface area (Å²) in [6.45, 7) is 9.12. The van der Waals surface area contributed by atoms with Gasteiger partial charge in [0.05, 0.1) is 5.60 Å². The van der Waals surface area contributed by atoms with E-state index in [4.69, 9.17) is 0 Å². The topological polar surface area (TPSA) is 32.3 Å². The lowest BCUT2D eigenvalue weighted by atomic mass is 9.83. The van der Waals surface area contributed by atoms with Crippen molar-refractivity contribution in [3.63, 3.8) is 0 Å². The first-order chi connectivity index (χ1) is 7.95. The van der Waals surface area contributed by atoms with Gasteiger partial charge in [-0.05, 0) is 44.4 Å². The summed E-state index contributed by atoms with van der Waals surface area (Å²) in [4.78, 5) is 0. The molecule has 2 heteroatoms. The minimum absolute atomic E-state index is 0.312. The standard InChI is InChI=1S/C15H31NO/c1-5-6-13-7-9-14(10-8-13)16-11-15(4,17)12(2)3/h12-14,16-17H,5-11H2,1-4H3. The van der Waals surface area contributed by atoms with E-state index in [-0.39, 0.29) is 0 Å². The third kappa shape index (κ3) is 4.97. The maximum Gasteiger partial charge on any atom is 0.0766 e. The van der Waals surface area contributed by atoms with Gasteiger partial charge in [0, 0.05) is 12.6 Å². The maximum atomic E-state index is 10.2. The molecule has 2 N–H and O–H groups in total. The Hall–Kier alpha value is -0.0800. The Labute approximate surface area is 107 Å². The summed E-state index contributed by atoms with van der Waals surface area (Å²) in [6.07, 6.45) is 8.05. The van der Waals surface area contributed by atoms with Gasteiger partial charge in [0.2, 0.25) is 0 Å². The van der Waals surface area contributed by atoms with Crippen LogP contribution in [0.25, 0.3) is 0 Å². The Balaban J connectivity index is 2.22. The molecule has 0 spiro atoms. The van der Waals surface area contributed by atoms with Gasteiger partial charge >= 0.3 is 0 Å². The Morgan fingerprint density at radius 1 is 1.24 bits per heavy atom. The second kappa shape index (κ2) is 6.75. The Morgan fingerprint density at radius 3 is 2.29 bits per heavy atom. The highest BCUT2D eigenvalue weighted by Gasteiger charge is 2.27. The van der Waals surface area contributed by atoms with E-state index in [0.29, 0.717) is 12.0 Å². The summed E-state index contributed by atoms with van der Waals surface area (Å²) < 4.78 is 0. The van der Waals surface area contributed by atoms with E-state index in [1.165, 1.54) is 38.5 Å². The van der Waals surface area contributed by atoms with Crippen LogP contribution in [0.5, 0.6) is 0 Å². The van der Waals surface area contributed by atoms with Crippen molar-refractivity contribution in [2.24, 2.45) is 11.8 Å². The van der Waals surface area contributed by atoms with Gasteiger partial charge in [-0.3, -0.25) is 0 Å². The molecular formula is C15H31NO. The van der Waals surface area contributed by atoms with E-state index in [2.05, 4.69) is 26.1 Å². The molecule has 0 aromatic heterocycles. The molecule has 0 bridgehead atoms. The number of aliphatic hydroxyl groups is 1. The van der Waals surface area contributed by atoms with E-state index in [1.807, 2.05) is 6.92 Å². The molecule has 1 aliphatic carbocycles. The Kier molecular flexibility index (Phi) is 5.94. The van der Waals surface area contributed by atoms with Crippen molar-refractivity contribution in [3.05, 3.63) is 0 Å². The van der Waals surface area contributed by atoms with Crippen molar-refractivity contribution in [2.75, 3.05) is 6.54 Å². The first-order valence-electron chi connectivity index (χ1n) is 7.41. The summed E-state index contributed by atoms with van der Waals surface area (Å²) in [5, 5.41) is 13.8. The molecule has 1 atom stereocenters. The average molecular weight is 241 g/mol. The quantitative estimate of drug-likeness (QED) is 0.747. The first kappa shape index (κ1) is 15.0. The second-order valence-corrected chi connectivity index (χ2v) is 6.40. The fraction of sp³-hybridized carbons (Fsp3) is 1.00. The predicted molar refractivity (Wildman–Crippen MR) is 74.1 cm³/mol. The minimum Gasteiger partial charge on any atom is -0.389 e. The van der Waals surface area contributed by atoms with Crippen LogP contribution in [-0.2, 0) is 0 Å². The molecule has 1 saturated carbocycles. The molecule has 2 nitrogen and oxygen atoms in total. The highest BCUT2D eigenvalue weighted by molar-refractivity contribution is 4.83. The maximum absolute atomic E-state index is 10.2. The van der Waals surface area contributed by atoms with E-state index < -0.39 is 5.60 Å². The predicted octanol–water partition coefficient (Wildman–Crippen LogP) is 3.34. The number of hydrogen-bond donors (Lipinski definition) is 2. The molecule has 1 aliphatic rings. The van der Waals surface area contributed by atoms with Gasteiger partial charge < -0.3 is 10.4 Å². The molecule has 0 radical (unpaired) electrons.